The van der Waals surface area contributed by atoms with E-state index in [1.807, 2.05) is 32.0 Å². The van der Waals surface area contributed by atoms with Crippen LogP contribution in [0.1, 0.15) is 74.1 Å². The van der Waals surface area contributed by atoms with Gasteiger partial charge in [-0.15, -0.1) is 0 Å². The molecule has 2 amide bonds. The van der Waals surface area contributed by atoms with E-state index in [-0.39, 0.29) is 29.8 Å². The molecule has 2 aromatic heterocycles. The Hall–Kier alpha value is -3.62. The van der Waals surface area contributed by atoms with Crippen LogP contribution < -0.4 is 16.8 Å². The molecule has 9 heteroatoms. The highest BCUT2D eigenvalue weighted by Crippen LogP contribution is 2.50. The second kappa shape index (κ2) is 8.38. The van der Waals surface area contributed by atoms with Gasteiger partial charge in [0, 0.05) is 23.6 Å². The van der Waals surface area contributed by atoms with Crippen molar-refractivity contribution in [3.05, 3.63) is 47.2 Å². The van der Waals surface area contributed by atoms with Crippen LogP contribution >= 0.6 is 0 Å². The molecular weight excluding hydrogens is 420 g/mol. The van der Waals surface area contributed by atoms with Gasteiger partial charge in [0.15, 0.2) is 0 Å². The molecule has 0 spiro atoms. The van der Waals surface area contributed by atoms with Crippen molar-refractivity contribution in [2.75, 3.05) is 11.1 Å². The van der Waals surface area contributed by atoms with Crippen LogP contribution in [0.4, 0.5) is 11.7 Å². The summed E-state index contributed by atoms with van der Waals surface area (Å²) in [5.41, 5.74) is 15.0. The molecule has 0 unspecified atom stereocenters. The first-order valence-corrected chi connectivity index (χ1v) is 11.1. The van der Waals surface area contributed by atoms with Gasteiger partial charge in [-0.2, -0.15) is 5.10 Å². The molecule has 3 aromatic rings. The summed E-state index contributed by atoms with van der Waals surface area (Å²) in [5, 5.41) is 11.3. The molecule has 1 fully saturated rings. The molecule has 0 atom stereocenters. The van der Waals surface area contributed by atoms with Crippen LogP contribution in [0.3, 0.4) is 0 Å². The van der Waals surface area contributed by atoms with Crippen molar-refractivity contribution in [3.63, 3.8) is 0 Å². The molecule has 0 saturated heterocycles. The van der Waals surface area contributed by atoms with Crippen LogP contribution in [0.25, 0.3) is 11.3 Å². The molecule has 5 N–H and O–H groups in total. The number of amides is 2. The number of primary amides is 1. The number of nitrogens with one attached hydrogen (secondary N) is 1. The highest BCUT2D eigenvalue weighted by molar-refractivity contribution is 6.03. The molecule has 33 heavy (non-hydrogen) atoms. The average molecular weight is 451 g/mol. The maximum Gasteiger partial charge on any atom is 0.254 e. The first-order chi connectivity index (χ1) is 15.5. The lowest BCUT2D eigenvalue weighted by Gasteiger charge is -2.41. The average Bonchev–Trinajstić information content (AvgIpc) is 3.30. The fraction of sp³-hybridized carbons (Fsp3) is 0.417. The summed E-state index contributed by atoms with van der Waals surface area (Å²) < 4.78 is 6.87. The number of nitrogens with two attached hydrogens (primary N) is 2. The first kappa shape index (κ1) is 22.6. The molecule has 0 radical (unpaired) electrons. The first-order valence-electron chi connectivity index (χ1n) is 11.1. The zero-order valence-electron chi connectivity index (χ0n) is 19.4. The Morgan fingerprint density at radius 1 is 1.24 bits per heavy atom. The third-order valence-corrected chi connectivity index (χ3v) is 6.08. The number of rotatable bonds is 7. The highest BCUT2D eigenvalue weighted by atomic mass is 16.5. The molecule has 2 heterocycles. The smallest absolute Gasteiger partial charge is 0.254 e. The maximum atomic E-state index is 12.5. The largest absolute Gasteiger partial charge is 0.383 e. The molecule has 174 valence electrons. The van der Waals surface area contributed by atoms with Gasteiger partial charge in [-0.25, -0.2) is 4.68 Å². The highest BCUT2D eigenvalue weighted by Gasteiger charge is 2.38. The van der Waals surface area contributed by atoms with E-state index in [9.17, 15) is 9.59 Å². The van der Waals surface area contributed by atoms with E-state index in [1.165, 1.54) is 0 Å². The van der Waals surface area contributed by atoms with Crippen LogP contribution in [0, 0.1) is 5.41 Å². The second-order valence-corrected chi connectivity index (χ2v) is 9.82. The van der Waals surface area contributed by atoms with Gasteiger partial charge in [-0.3, -0.25) is 14.9 Å². The maximum absolute atomic E-state index is 12.5. The Labute approximate surface area is 192 Å². The van der Waals surface area contributed by atoms with E-state index >= 15 is 0 Å². The third kappa shape index (κ3) is 4.62. The number of nitrogens with zero attached hydrogens (tertiary/aromatic N) is 3. The van der Waals surface area contributed by atoms with Gasteiger partial charge in [0.25, 0.3) is 5.91 Å². The van der Waals surface area contributed by atoms with Gasteiger partial charge in [0.2, 0.25) is 11.8 Å². The van der Waals surface area contributed by atoms with Crippen molar-refractivity contribution < 1.29 is 14.1 Å². The summed E-state index contributed by atoms with van der Waals surface area (Å²) in [6.45, 7) is 8.31. The summed E-state index contributed by atoms with van der Waals surface area (Å²) >= 11 is 0. The molecule has 1 aliphatic carbocycles. The predicted octanol–water partition coefficient (Wildman–Crippen LogP) is 3.88. The summed E-state index contributed by atoms with van der Waals surface area (Å²) in [4.78, 5) is 24.4. The number of aromatic nitrogens is 3. The van der Waals surface area contributed by atoms with Crippen molar-refractivity contribution in [1.82, 2.24) is 14.9 Å². The van der Waals surface area contributed by atoms with E-state index < -0.39 is 5.91 Å². The Morgan fingerprint density at radius 3 is 2.48 bits per heavy atom. The molecule has 1 aliphatic rings. The van der Waals surface area contributed by atoms with E-state index in [2.05, 4.69) is 29.4 Å². The Balaban J connectivity index is 1.42. The second-order valence-electron chi connectivity index (χ2n) is 9.82. The van der Waals surface area contributed by atoms with Crippen molar-refractivity contribution >= 4 is 23.5 Å². The van der Waals surface area contributed by atoms with Crippen molar-refractivity contribution in [1.29, 1.82) is 0 Å². The SMILES string of the molecule is CC(C)n1nc(-c2ccc(CC(=O)Nc3cc(C4CC(C)(C)C4)no3)cc2)c(C(N)=O)c1N. The van der Waals surface area contributed by atoms with E-state index in [4.69, 9.17) is 16.0 Å². The van der Waals surface area contributed by atoms with Crippen LogP contribution in [0.2, 0.25) is 0 Å². The molecular formula is C24H30N6O3. The molecule has 9 nitrogen and oxygen atoms in total. The van der Waals surface area contributed by atoms with Gasteiger partial charge in [0.1, 0.15) is 17.1 Å². The number of benzene rings is 1. The van der Waals surface area contributed by atoms with Gasteiger partial charge in [-0.05, 0) is 37.7 Å². The minimum atomic E-state index is -0.630. The van der Waals surface area contributed by atoms with Crippen LogP contribution in [-0.2, 0) is 11.2 Å². The van der Waals surface area contributed by atoms with Gasteiger partial charge in [-0.1, -0.05) is 43.3 Å². The number of hydrogen-bond donors (Lipinski definition) is 3. The van der Waals surface area contributed by atoms with Crippen LogP contribution in [-0.4, -0.2) is 26.8 Å². The number of carbonyl (C=O) groups is 2. The lowest BCUT2D eigenvalue weighted by molar-refractivity contribution is -0.115. The topological polar surface area (TPSA) is 142 Å². The van der Waals surface area contributed by atoms with Crippen molar-refractivity contribution in [2.45, 2.75) is 58.9 Å². The zero-order valence-corrected chi connectivity index (χ0v) is 19.4. The van der Waals surface area contributed by atoms with Gasteiger partial charge >= 0.3 is 0 Å². The van der Waals surface area contributed by atoms with E-state index in [0.29, 0.717) is 28.5 Å². The Kier molecular flexibility index (Phi) is 5.73. The normalized spacial score (nSPS) is 15.4. The lowest BCUT2D eigenvalue weighted by Crippen LogP contribution is -2.29. The fourth-order valence-electron chi connectivity index (χ4n) is 4.46. The molecule has 0 aliphatic heterocycles. The standard InChI is InChI=1S/C24H30N6O3/c1-13(2)30-22(25)20(23(26)32)21(28-30)15-7-5-14(6-8-15)9-18(31)27-19-10-17(29-33-19)16-11-24(3,4)12-16/h5-8,10,13,16H,9,11-12,25H2,1-4H3,(H2,26,32)(H,27,31). The molecule has 1 saturated carbocycles. The summed E-state index contributed by atoms with van der Waals surface area (Å²) in [7, 11) is 0. The predicted molar refractivity (Wildman–Crippen MR) is 126 cm³/mol. The Bertz CT molecular complexity index is 1180. The summed E-state index contributed by atoms with van der Waals surface area (Å²) in [6.07, 6.45) is 2.30. The lowest BCUT2D eigenvalue weighted by atomic mass is 9.63. The molecule has 4 rings (SSSR count). The van der Waals surface area contributed by atoms with Crippen molar-refractivity contribution in [2.24, 2.45) is 11.1 Å². The van der Waals surface area contributed by atoms with Crippen LogP contribution in [0.15, 0.2) is 34.9 Å². The minimum Gasteiger partial charge on any atom is -0.383 e. The van der Waals surface area contributed by atoms with Crippen LogP contribution in [0.5, 0.6) is 0 Å². The summed E-state index contributed by atoms with van der Waals surface area (Å²) in [5.74, 6) is 0.158. The van der Waals surface area contributed by atoms with Crippen molar-refractivity contribution in [3.8, 4) is 11.3 Å². The van der Waals surface area contributed by atoms with Gasteiger partial charge in [0.05, 0.1) is 12.1 Å². The summed E-state index contributed by atoms with van der Waals surface area (Å²) in [6, 6.07) is 9.01. The molecule has 0 bridgehead atoms. The van der Waals surface area contributed by atoms with E-state index in [1.54, 1.807) is 16.8 Å². The number of anilines is 2. The fourth-order valence-corrected chi connectivity index (χ4v) is 4.46. The quantitative estimate of drug-likeness (QED) is 0.498. The Morgan fingerprint density at radius 2 is 1.91 bits per heavy atom. The number of carbonyl (C=O) groups excluding carboxylic acids is 2. The number of hydrogen-bond acceptors (Lipinski definition) is 6. The molecule has 1 aromatic carbocycles. The monoisotopic (exact) mass is 450 g/mol. The number of nitrogen functional groups attached to an aromatic ring is 1. The van der Waals surface area contributed by atoms with Gasteiger partial charge < -0.3 is 16.0 Å². The zero-order chi connectivity index (χ0) is 23.9. The third-order valence-electron chi connectivity index (χ3n) is 6.08. The van der Waals surface area contributed by atoms with E-state index in [0.717, 1.165) is 24.1 Å². The minimum absolute atomic E-state index is 0.0211.